The zero-order chi connectivity index (χ0) is 17.5. The van der Waals surface area contributed by atoms with Gasteiger partial charge in [0.2, 0.25) is 0 Å². The van der Waals surface area contributed by atoms with Crippen LogP contribution in [0.4, 0.5) is 14.5 Å². The van der Waals surface area contributed by atoms with E-state index in [9.17, 15) is 13.6 Å². The molecule has 0 aliphatic carbocycles. The Kier molecular flexibility index (Phi) is 4.03. The number of amides is 1. The van der Waals surface area contributed by atoms with Crippen LogP contribution in [0.3, 0.4) is 0 Å². The zero-order valence-corrected chi connectivity index (χ0v) is 13.8. The van der Waals surface area contributed by atoms with Gasteiger partial charge in [0.15, 0.2) is 0 Å². The molecule has 0 saturated carbocycles. The first-order valence-corrected chi connectivity index (χ1v) is 7.78. The molecule has 1 amide bonds. The third-order valence-electron chi connectivity index (χ3n) is 3.90. The summed E-state index contributed by atoms with van der Waals surface area (Å²) in [6.07, 6.45) is -0.748. The van der Waals surface area contributed by atoms with Crippen molar-refractivity contribution >= 4 is 11.6 Å². The lowest BCUT2D eigenvalue weighted by Crippen LogP contribution is -2.25. The number of anilines is 1. The van der Waals surface area contributed by atoms with Crippen molar-refractivity contribution < 1.29 is 18.3 Å². The van der Waals surface area contributed by atoms with E-state index < -0.39 is 18.0 Å². The van der Waals surface area contributed by atoms with Crippen molar-refractivity contribution in [2.75, 3.05) is 5.32 Å². The maximum absolute atomic E-state index is 13.1. The van der Waals surface area contributed by atoms with Crippen molar-refractivity contribution in [3.63, 3.8) is 0 Å². The van der Waals surface area contributed by atoms with Crippen LogP contribution in [0.25, 0.3) is 0 Å². The predicted molar refractivity (Wildman–Crippen MR) is 85.7 cm³/mol. The number of fused-ring (bicyclic) bond motifs is 1. The molecule has 3 rings (SSSR count). The molecule has 0 radical (unpaired) electrons. The number of benzene rings is 1. The number of hydrogen-bond acceptors (Lipinski definition) is 3. The van der Waals surface area contributed by atoms with Crippen molar-refractivity contribution in [1.82, 2.24) is 9.78 Å². The molecule has 1 aromatic carbocycles. The van der Waals surface area contributed by atoms with Gasteiger partial charge in [-0.25, -0.2) is 8.78 Å². The average molecular weight is 335 g/mol. The highest BCUT2D eigenvalue weighted by molar-refractivity contribution is 6.05. The number of nitrogens with one attached hydrogen (secondary N) is 1. The Morgan fingerprint density at radius 3 is 2.88 bits per heavy atom. The fourth-order valence-electron chi connectivity index (χ4n) is 2.84. The normalized spacial score (nSPS) is 15.2. The summed E-state index contributed by atoms with van der Waals surface area (Å²) in [6.45, 7) is 6.09. The molecule has 0 bridgehead atoms. The Labute approximate surface area is 138 Å². The third kappa shape index (κ3) is 2.98. The van der Waals surface area contributed by atoms with Crippen LogP contribution in [-0.4, -0.2) is 21.3 Å². The second-order valence-corrected chi connectivity index (χ2v) is 6.37. The number of aryl methyl sites for hydroxylation is 1. The van der Waals surface area contributed by atoms with Gasteiger partial charge < -0.3 is 10.1 Å². The fourth-order valence-corrected chi connectivity index (χ4v) is 2.84. The fraction of sp³-hybridized carbons (Fsp3) is 0.412. The summed E-state index contributed by atoms with van der Waals surface area (Å²) in [5.41, 5.74) is 0.471. The first-order valence-electron chi connectivity index (χ1n) is 7.78. The van der Waals surface area contributed by atoms with E-state index in [1.165, 1.54) is 10.9 Å². The van der Waals surface area contributed by atoms with Crippen LogP contribution in [-0.2, 0) is 13.0 Å². The van der Waals surface area contributed by atoms with Crippen LogP contribution in [0.15, 0.2) is 24.4 Å². The highest BCUT2D eigenvalue weighted by atomic mass is 19.3. The average Bonchev–Trinajstić information content (AvgIpc) is 3.07. The van der Waals surface area contributed by atoms with Crippen LogP contribution in [0, 0.1) is 0 Å². The van der Waals surface area contributed by atoms with E-state index in [-0.39, 0.29) is 11.2 Å². The molecule has 128 valence electrons. The molecule has 0 saturated heterocycles. The molecular weight excluding hydrogens is 316 g/mol. The predicted octanol–water partition coefficient (Wildman–Crippen LogP) is 3.81. The maximum Gasteiger partial charge on any atom is 0.282 e. The summed E-state index contributed by atoms with van der Waals surface area (Å²) < 4.78 is 33.4. The largest absolute Gasteiger partial charge is 0.485 e. The molecule has 0 unspecified atom stereocenters. The van der Waals surface area contributed by atoms with Gasteiger partial charge in [0.25, 0.3) is 12.3 Å². The lowest BCUT2D eigenvalue weighted by molar-refractivity contribution is 0.100. The lowest BCUT2D eigenvalue weighted by Gasteiger charge is -2.18. The monoisotopic (exact) mass is 335 g/mol. The van der Waals surface area contributed by atoms with Crippen LogP contribution < -0.4 is 10.1 Å². The topological polar surface area (TPSA) is 56.2 Å². The number of nitrogens with zero attached hydrogens (tertiary/aromatic N) is 2. The van der Waals surface area contributed by atoms with Crippen LogP contribution >= 0.6 is 0 Å². The first-order chi connectivity index (χ1) is 11.3. The lowest BCUT2D eigenvalue weighted by atomic mass is 10.0. The van der Waals surface area contributed by atoms with Crippen molar-refractivity contribution in [3.8, 4) is 5.75 Å². The number of carbonyl (C=O) groups is 1. The molecule has 0 spiro atoms. The molecular formula is C17H19F2N3O2. The molecule has 24 heavy (non-hydrogen) atoms. The Morgan fingerprint density at radius 2 is 2.21 bits per heavy atom. The van der Waals surface area contributed by atoms with Gasteiger partial charge in [0.05, 0.1) is 11.3 Å². The second kappa shape index (κ2) is 5.89. The summed E-state index contributed by atoms with van der Waals surface area (Å²) in [6, 6.07) is 5.44. The molecule has 1 aliphatic rings. The van der Waals surface area contributed by atoms with Gasteiger partial charge in [-0.2, -0.15) is 5.10 Å². The summed E-state index contributed by atoms with van der Waals surface area (Å²) in [7, 11) is 0. The number of hydrogen-bond donors (Lipinski definition) is 1. The maximum atomic E-state index is 13.1. The summed E-state index contributed by atoms with van der Waals surface area (Å²) in [5, 5.41) is 6.44. The highest BCUT2D eigenvalue weighted by Crippen LogP contribution is 2.40. The number of rotatable bonds is 4. The van der Waals surface area contributed by atoms with E-state index in [2.05, 4.69) is 10.4 Å². The summed E-state index contributed by atoms with van der Waals surface area (Å²) in [4.78, 5) is 12.5. The Balaban J connectivity index is 1.90. The van der Waals surface area contributed by atoms with E-state index >= 15 is 0 Å². The van der Waals surface area contributed by atoms with E-state index in [4.69, 9.17) is 4.74 Å². The minimum absolute atomic E-state index is 0.123. The number of alkyl halides is 2. The Bertz CT molecular complexity index is 784. The van der Waals surface area contributed by atoms with Crippen LogP contribution in [0.5, 0.6) is 5.75 Å². The molecule has 1 aromatic heterocycles. The van der Waals surface area contributed by atoms with Crippen molar-refractivity contribution in [3.05, 3.63) is 41.2 Å². The molecule has 2 aromatic rings. The van der Waals surface area contributed by atoms with Gasteiger partial charge in [0.1, 0.15) is 17.0 Å². The Morgan fingerprint density at radius 1 is 1.46 bits per heavy atom. The third-order valence-corrected chi connectivity index (χ3v) is 3.90. The van der Waals surface area contributed by atoms with Gasteiger partial charge in [-0.1, -0.05) is 12.1 Å². The second-order valence-electron chi connectivity index (χ2n) is 6.37. The number of aromatic nitrogens is 2. The number of carbonyl (C=O) groups excluding carboxylic acids is 1. The van der Waals surface area contributed by atoms with E-state index in [0.717, 1.165) is 12.0 Å². The van der Waals surface area contributed by atoms with Crippen molar-refractivity contribution in [1.29, 1.82) is 0 Å². The van der Waals surface area contributed by atoms with Gasteiger partial charge >= 0.3 is 0 Å². The zero-order valence-electron chi connectivity index (χ0n) is 13.8. The van der Waals surface area contributed by atoms with Crippen molar-refractivity contribution in [2.45, 2.75) is 45.8 Å². The molecule has 0 atom stereocenters. The first kappa shape index (κ1) is 16.4. The molecule has 7 heteroatoms. The SMILES string of the molecule is CCn1cc(C(=O)Nc2cccc3c2OC(C)(C)C3)c(C(F)F)n1. The van der Waals surface area contributed by atoms with Gasteiger partial charge in [-0.15, -0.1) is 0 Å². The van der Waals surface area contributed by atoms with E-state index in [1.807, 2.05) is 26.0 Å². The van der Waals surface area contributed by atoms with E-state index in [1.54, 1.807) is 13.0 Å². The molecule has 1 aliphatic heterocycles. The van der Waals surface area contributed by atoms with Crippen LogP contribution in [0.2, 0.25) is 0 Å². The number of ether oxygens (including phenoxy) is 1. The minimum Gasteiger partial charge on any atom is -0.485 e. The summed E-state index contributed by atoms with van der Waals surface area (Å²) >= 11 is 0. The van der Waals surface area contributed by atoms with Gasteiger partial charge in [0, 0.05) is 24.7 Å². The highest BCUT2D eigenvalue weighted by Gasteiger charge is 2.32. The number of para-hydroxylation sites is 1. The van der Waals surface area contributed by atoms with Crippen LogP contribution in [0.1, 0.15) is 48.8 Å². The van der Waals surface area contributed by atoms with Crippen molar-refractivity contribution in [2.24, 2.45) is 0 Å². The molecule has 5 nitrogen and oxygen atoms in total. The van der Waals surface area contributed by atoms with Gasteiger partial charge in [-0.05, 0) is 26.8 Å². The number of halogens is 2. The minimum atomic E-state index is -2.81. The Hall–Kier alpha value is -2.44. The smallest absolute Gasteiger partial charge is 0.282 e. The molecule has 2 heterocycles. The van der Waals surface area contributed by atoms with E-state index in [0.29, 0.717) is 18.0 Å². The summed E-state index contributed by atoms with van der Waals surface area (Å²) in [5.74, 6) is -0.0240. The van der Waals surface area contributed by atoms with Gasteiger partial charge in [-0.3, -0.25) is 9.48 Å². The standard InChI is InChI=1S/C17H19F2N3O2/c1-4-22-9-11(13(21-22)15(18)19)16(23)20-12-7-5-6-10-8-17(2,3)24-14(10)12/h5-7,9,15H,4,8H2,1-3H3,(H,20,23). The molecule has 0 fully saturated rings. The quantitative estimate of drug-likeness (QED) is 0.924. The molecule has 1 N–H and O–H groups in total.